The Kier molecular flexibility index (Phi) is 7.50. The summed E-state index contributed by atoms with van der Waals surface area (Å²) in [5.41, 5.74) is 0. The third-order valence-electron chi connectivity index (χ3n) is 1.87. The van der Waals surface area contributed by atoms with Gasteiger partial charge in [0, 0.05) is 5.25 Å². The van der Waals surface area contributed by atoms with Gasteiger partial charge in [-0.15, -0.1) is 0 Å². The van der Waals surface area contributed by atoms with E-state index in [0.29, 0.717) is 5.25 Å². The van der Waals surface area contributed by atoms with E-state index in [-0.39, 0.29) is 0 Å². The van der Waals surface area contributed by atoms with Crippen molar-refractivity contribution >= 4 is 35.2 Å². The van der Waals surface area contributed by atoms with E-state index < -0.39 is 0 Å². The maximum Gasteiger partial charge on any atom is 0.00398 e. The van der Waals surface area contributed by atoms with Crippen LogP contribution < -0.4 is 0 Å². The fourth-order valence-corrected chi connectivity index (χ4v) is 1.58. The molecular formula is C8H17IS. The van der Waals surface area contributed by atoms with E-state index in [1.807, 2.05) is 0 Å². The van der Waals surface area contributed by atoms with Crippen LogP contribution in [0.2, 0.25) is 0 Å². The van der Waals surface area contributed by atoms with Crippen molar-refractivity contribution in [3.63, 3.8) is 0 Å². The van der Waals surface area contributed by atoms with E-state index >= 15 is 0 Å². The molecule has 0 aliphatic carbocycles. The number of hydrogen-bond acceptors (Lipinski definition) is 1. The Hall–Kier alpha value is 1.08. The van der Waals surface area contributed by atoms with Crippen LogP contribution >= 0.6 is 35.2 Å². The van der Waals surface area contributed by atoms with Crippen molar-refractivity contribution in [3.8, 4) is 0 Å². The summed E-state index contributed by atoms with van der Waals surface area (Å²) in [7, 11) is 0. The zero-order valence-corrected chi connectivity index (χ0v) is 9.86. The number of alkyl halides is 1. The maximum atomic E-state index is 4.50. The van der Waals surface area contributed by atoms with Crippen molar-refractivity contribution in [1.29, 1.82) is 0 Å². The minimum Gasteiger partial charge on any atom is -0.176 e. The second-order valence-electron chi connectivity index (χ2n) is 2.78. The summed E-state index contributed by atoms with van der Waals surface area (Å²) in [6, 6.07) is 0. The molecule has 0 aliphatic rings. The lowest BCUT2D eigenvalue weighted by molar-refractivity contribution is 0.499. The standard InChI is InChI=1S/C8H17IS/c1-3-8(10)7(2)5-4-6-9/h7-8,10H,3-6H2,1-2H3. The summed E-state index contributed by atoms with van der Waals surface area (Å²) in [5, 5.41) is 0.614. The summed E-state index contributed by atoms with van der Waals surface area (Å²) in [5.74, 6) is 0.795. The molecule has 2 atom stereocenters. The van der Waals surface area contributed by atoms with Crippen molar-refractivity contribution < 1.29 is 0 Å². The van der Waals surface area contributed by atoms with E-state index in [9.17, 15) is 0 Å². The smallest absolute Gasteiger partial charge is 0.00398 e. The van der Waals surface area contributed by atoms with Crippen LogP contribution in [0.5, 0.6) is 0 Å². The Bertz CT molecular complexity index is 75.7. The molecular weight excluding hydrogens is 255 g/mol. The quantitative estimate of drug-likeness (QED) is 0.441. The summed E-state index contributed by atoms with van der Waals surface area (Å²) in [6.45, 7) is 4.51. The van der Waals surface area contributed by atoms with Gasteiger partial charge in [-0.25, -0.2) is 0 Å². The van der Waals surface area contributed by atoms with Gasteiger partial charge in [0.05, 0.1) is 0 Å². The average molecular weight is 272 g/mol. The normalized spacial score (nSPS) is 16.8. The highest BCUT2D eigenvalue weighted by Gasteiger charge is 2.09. The fraction of sp³-hybridized carbons (Fsp3) is 1.00. The molecule has 0 aliphatic heterocycles. The molecule has 0 saturated heterocycles. The lowest BCUT2D eigenvalue weighted by atomic mass is 10.0. The Balaban J connectivity index is 3.31. The van der Waals surface area contributed by atoms with Gasteiger partial charge in [0.15, 0.2) is 0 Å². The van der Waals surface area contributed by atoms with Crippen molar-refractivity contribution in [2.45, 2.75) is 38.4 Å². The van der Waals surface area contributed by atoms with Gasteiger partial charge in [0.1, 0.15) is 0 Å². The monoisotopic (exact) mass is 272 g/mol. The molecule has 10 heavy (non-hydrogen) atoms. The SMILES string of the molecule is CCC(S)C(C)CCCI. The van der Waals surface area contributed by atoms with Crippen LogP contribution in [0, 0.1) is 5.92 Å². The summed E-state index contributed by atoms with van der Waals surface area (Å²) in [4.78, 5) is 0. The predicted octanol–water partition coefficient (Wildman–Crippen LogP) is 3.55. The van der Waals surface area contributed by atoms with Gasteiger partial charge >= 0.3 is 0 Å². The second kappa shape index (κ2) is 6.77. The zero-order chi connectivity index (χ0) is 7.98. The van der Waals surface area contributed by atoms with E-state index in [0.717, 1.165) is 5.92 Å². The van der Waals surface area contributed by atoms with Crippen molar-refractivity contribution in [2.24, 2.45) is 5.92 Å². The van der Waals surface area contributed by atoms with Crippen LogP contribution in [0.4, 0.5) is 0 Å². The van der Waals surface area contributed by atoms with E-state index in [2.05, 4.69) is 49.1 Å². The molecule has 0 fully saturated rings. The minimum atomic E-state index is 0.614. The molecule has 0 spiro atoms. The third-order valence-corrected chi connectivity index (χ3v) is 3.51. The molecule has 0 nitrogen and oxygen atoms in total. The number of rotatable bonds is 5. The van der Waals surface area contributed by atoms with Crippen molar-refractivity contribution in [2.75, 3.05) is 4.43 Å². The van der Waals surface area contributed by atoms with Gasteiger partial charge < -0.3 is 0 Å². The lowest BCUT2D eigenvalue weighted by Crippen LogP contribution is -2.10. The molecule has 0 saturated carbocycles. The highest BCUT2D eigenvalue weighted by atomic mass is 127. The Morgan fingerprint density at radius 2 is 2.10 bits per heavy atom. The molecule has 2 unspecified atom stereocenters. The third kappa shape index (κ3) is 4.83. The first-order valence-electron chi connectivity index (χ1n) is 3.96. The summed E-state index contributed by atoms with van der Waals surface area (Å²) in [6.07, 6.45) is 3.88. The molecule has 0 bridgehead atoms. The average Bonchev–Trinajstić information content (AvgIpc) is 1.98. The van der Waals surface area contributed by atoms with Crippen LogP contribution in [0.25, 0.3) is 0 Å². The molecule has 62 valence electrons. The van der Waals surface area contributed by atoms with Crippen molar-refractivity contribution in [1.82, 2.24) is 0 Å². The predicted molar refractivity (Wildman–Crippen MR) is 60.4 cm³/mol. The molecule has 0 aromatic carbocycles. The fourth-order valence-electron chi connectivity index (χ4n) is 0.994. The highest BCUT2D eigenvalue weighted by molar-refractivity contribution is 14.1. The Morgan fingerprint density at radius 1 is 1.50 bits per heavy atom. The summed E-state index contributed by atoms with van der Waals surface area (Å²) < 4.78 is 1.28. The zero-order valence-electron chi connectivity index (χ0n) is 6.81. The van der Waals surface area contributed by atoms with Crippen LogP contribution in [-0.2, 0) is 0 Å². The van der Waals surface area contributed by atoms with Gasteiger partial charge in [0.2, 0.25) is 0 Å². The van der Waals surface area contributed by atoms with E-state index in [1.54, 1.807) is 0 Å². The number of hydrogen-bond donors (Lipinski definition) is 1. The molecule has 0 aromatic heterocycles. The largest absolute Gasteiger partial charge is 0.176 e. The first-order valence-corrected chi connectivity index (χ1v) is 6.00. The Labute approximate surface area is 83.7 Å². The number of halogens is 1. The van der Waals surface area contributed by atoms with Crippen LogP contribution in [0.1, 0.15) is 33.1 Å². The second-order valence-corrected chi connectivity index (χ2v) is 4.53. The van der Waals surface area contributed by atoms with Gasteiger partial charge in [-0.05, 0) is 29.6 Å². The van der Waals surface area contributed by atoms with E-state index in [4.69, 9.17) is 0 Å². The summed E-state index contributed by atoms with van der Waals surface area (Å²) >= 11 is 6.93. The molecule has 0 N–H and O–H groups in total. The maximum absolute atomic E-state index is 4.50. The molecule has 0 rings (SSSR count). The lowest BCUT2D eigenvalue weighted by Gasteiger charge is -2.16. The van der Waals surface area contributed by atoms with Crippen LogP contribution in [0.15, 0.2) is 0 Å². The first-order chi connectivity index (χ1) is 4.72. The molecule has 0 amide bonds. The van der Waals surface area contributed by atoms with Gasteiger partial charge in [-0.3, -0.25) is 0 Å². The molecule has 0 heterocycles. The van der Waals surface area contributed by atoms with Crippen LogP contribution in [0.3, 0.4) is 0 Å². The first kappa shape index (κ1) is 11.1. The van der Waals surface area contributed by atoms with E-state index in [1.165, 1.54) is 23.7 Å². The van der Waals surface area contributed by atoms with Crippen LogP contribution in [-0.4, -0.2) is 9.68 Å². The molecule has 2 heteroatoms. The molecule has 0 aromatic rings. The van der Waals surface area contributed by atoms with Crippen molar-refractivity contribution in [3.05, 3.63) is 0 Å². The number of thiol groups is 1. The highest BCUT2D eigenvalue weighted by Crippen LogP contribution is 2.18. The van der Waals surface area contributed by atoms with Gasteiger partial charge in [0.25, 0.3) is 0 Å². The van der Waals surface area contributed by atoms with Gasteiger partial charge in [-0.2, -0.15) is 12.6 Å². The molecule has 0 radical (unpaired) electrons. The topological polar surface area (TPSA) is 0 Å². The Morgan fingerprint density at radius 3 is 2.50 bits per heavy atom. The van der Waals surface area contributed by atoms with Gasteiger partial charge in [-0.1, -0.05) is 36.4 Å². The minimum absolute atomic E-state index is 0.614.